The van der Waals surface area contributed by atoms with E-state index in [9.17, 15) is 9.59 Å². The molecule has 1 heterocycles. The first kappa shape index (κ1) is 33.7. The lowest BCUT2D eigenvalue weighted by Crippen LogP contribution is -2.40. The second-order valence-electron chi connectivity index (χ2n) is 11.9. The predicted octanol–water partition coefficient (Wildman–Crippen LogP) is 6.61. The summed E-state index contributed by atoms with van der Waals surface area (Å²) in [6, 6.07) is 16.6. The normalized spacial score (nSPS) is 17.9. The molecule has 1 aromatic heterocycles. The Morgan fingerprint density at radius 2 is 1.69 bits per heavy atom. The van der Waals surface area contributed by atoms with E-state index in [1.54, 1.807) is 41.3 Å². The van der Waals surface area contributed by atoms with Gasteiger partial charge in [-0.25, -0.2) is 9.78 Å². The van der Waals surface area contributed by atoms with Crippen molar-refractivity contribution in [3.8, 4) is 5.75 Å². The van der Waals surface area contributed by atoms with Crippen molar-refractivity contribution in [1.29, 1.82) is 0 Å². The van der Waals surface area contributed by atoms with E-state index in [0.717, 1.165) is 50.1 Å². The topological polar surface area (TPSA) is 100 Å². The maximum Gasteiger partial charge on any atom is 0.416 e. The number of nitrogens with one attached hydrogen (secondary N) is 1. The average Bonchev–Trinajstić information content (AvgIpc) is 3.06. The standard InChI is InChI=1S/C35H48N6O4/c1-7-40(8-2)22-21-39(5)33(42)28-15-17-29(18-16-28)37-34-36-20-19-31(38-34)41(24-27-13-10-14-30(23-27)44-6)35(43)45-32-25(3)11-9-12-26(32)4/h10,13-20,23,25-26,32H,7-9,11-12,21-22,24H2,1-6H3,(H,36,37,38). The number of carbonyl (C=O) groups excluding carboxylic acids is 2. The molecule has 10 heteroatoms. The largest absolute Gasteiger partial charge is 0.497 e. The molecule has 0 aliphatic heterocycles. The Bertz CT molecular complexity index is 1390. The van der Waals surface area contributed by atoms with E-state index in [0.29, 0.717) is 29.6 Å². The first-order valence-corrected chi connectivity index (χ1v) is 16.0. The van der Waals surface area contributed by atoms with Crippen LogP contribution in [0, 0.1) is 11.8 Å². The zero-order chi connectivity index (χ0) is 32.3. The molecular formula is C35H48N6O4. The van der Waals surface area contributed by atoms with Gasteiger partial charge in [0.25, 0.3) is 5.91 Å². The third-order valence-electron chi connectivity index (χ3n) is 8.67. The summed E-state index contributed by atoms with van der Waals surface area (Å²) in [5.41, 5.74) is 2.21. The number of benzene rings is 2. The monoisotopic (exact) mass is 616 g/mol. The Morgan fingerprint density at radius 3 is 2.36 bits per heavy atom. The number of likely N-dealkylation sites (N-methyl/N-ethyl adjacent to an activating group) is 2. The van der Waals surface area contributed by atoms with Gasteiger partial charge in [-0.1, -0.05) is 46.2 Å². The predicted molar refractivity (Wildman–Crippen MR) is 178 cm³/mol. The number of methoxy groups -OCH3 is 1. The molecule has 1 fully saturated rings. The van der Waals surface area contributed by atoms with Gasteiger partial charge in [-0.15, -0.1) is 0 Å². The van der Waals surface area contributed by atoms with E-state index < -0.39 is 6.09 Å². The molecule has 2 unspecified atom stereocenters. The van der Waals surface area contributed by atoms with Crippen molar-refractivity contribution in [1.82, 2.24) is 19.8 Å². The molecule has 1 N–H and O–H groups in total. The maximum absolute atomic E-state index is 13.8. The number of rotatable bonds is 13. The smallest absolute Gasteiger partial charge is 0.416 e. The zero-order valence-electron chi connectivity index (χ0n) is 27.5. The fourth-order valence-corrected chi connectivity index (χ4v) is 5.79. The minimum atomic E-state index is -0.443. The first-order chi connectivity index (χ1) is 21.7. The van der Waals surface area contributed by atoms with Crippen LogP contribution in [0.25, 0.3) is 0 Å². The molecular weight excluding hydrogens is 568 g/mol. The van der Waals surface area contributed by atoms with Crippen molar-refractivity contribution in [2.75, 3.05) is 50.6 Å². The van der Waals surface area contributed by atoms with Crippen LogP contribution < -0.4 is 15.0 Å². The van der Waals surface area contributed by atoms with Crippen molar-refractivity contribution in [3.05, 3.63) is 71.9 Å². The molecule has 10 nitrogen and oxygen atoms in total. The summed E-state index contributed by atoms with van der Waals surface area (Å²) in [4.78, 5) is 41.4. The van der Waals surface area contributed by atoms with Gasteiger partial charge in [-0.3, -0.25) is 9.69 Å². The van der Waals surface area contributed by atoms with Crippen LogP contribution in [0.2, 0.25) is 0 Å². The van der Waals surface area contributed by atoms with Crippen molar-refractivity contribution in [2.45, 2.75) is 59.6 Å². The summed E-state index contributed by atoms with van der Waals surface area (Å²) in [6.07, 6.45) is 4.24. The lowest BCUT2D eigenvalue weighted by Gasteiger charge is -2.35. The summed E-state index contributed by atoms with van der Waals surface area (Å²) >= 11 is 0. The Balaban J connectivity index is 1.50. The Labute approximate surface area is 267 Å². The second-order valence-corrected chi connectivity index (χ2v) is 11.9. The van der Waals surface area contributed by atoms with Gasteiger partial charge < -0.3 is 24.6 Å². The molecule has 0 radical (unpaired) electrons. The highest BCUT2D eigenvalue weighted by atomic mass is 16.6. The highest BCUT2D eigenvalue weighted by molar-refractivity contribution is 5.94. The maximum atomic E-state index is 13.8. The van der Waals surface area contributed by atoms with Gasteiger partial charge in [0.05, 0.1) is 13.7 Å². The number of hydrogen-bond acceptors (Lipinski definition) is 8. The number of ether oxygens (including phenoxy) is 2. The summed E-state index contributed by atoms with van der Waals surface area (Å²) in [5, 5.41) is 3.21. The summed E-state index contributed by atoms with van der Waals surface area (Å²) < 4.78 is 11.6. The third-order valence-corrected chi connectivity index (χ3v) is 8.67. The highest BCUT2D eigenvalue weighted by Gasteiger charge is 2.33. The molecule has 2 amide bonds. The molecule has 45 heavy (non-hydrogen) atoms. The van der Waals surface area contributed by atoms with Crippen LogP contribution in [0.3, 0.4) is 0 Å². The Kier molecular flexibility index (Phi) is 12.2. The van der Waals surface area contributed by atoms with Gasteiger partial charge in [-0.2, -0.15) is 4.98 Å². The SMILES string of the molecule is CCN(CC)CCN(C)C(=O)c1ccc(Nc2nccc(N(Cc3cccc(OC)c3)C(=O)OC3C(C)CCCC3C)n2)cc1. The van der Waals surface area contributed by atoms with E-state index in [1.807, 2.05) is 43.4 Å². The third kappa shape index (κ3) is 9.17. The number of hydrogen-bond donors (Lipinski definition) is 1. The average molecular weight is 617 g/mol. The molecule has 1 aliphatic rings. The molecule has 0 spiro atoms. The van der Waals surface area contributed by atoms with Gasteiger partial charge in [0.2, 0.25) is 5.95 Å². The lowest BCUT2D eigenvalue weighted by atomic mass is 9.81. The fourth-order valence-electron chi connectivity index (χ4n) is 5.79. The van der Waals surface area contributed by atoms with E-state index in [2.05, 4.69) is 42.9 Å². The van der Waals surface area contributed by atoms with Crippen molar-refractivity contribution in [3.63, 3.8) is 0 Å². The molecule has 0 bridgehead atoms. The van der Waals surface area contributed by atoms with Crippen LogP contribution in [0.4, 0.5) is 22.2 Å². The van der Waals surface area contributed by atoms with Crippen LogP contribution in [0.5, 0.6) is 5.75 Å². The van der Waals surface area contributed by atoms with Crippen molar-refractivity contribution in [2.24, 2.45) is 11.8 Å². The van der Waals surface area contributed by atoms with E-state index in [1.165, 1.54) is 0 Å². The lowest BCUT2D eigenvalue weighted by molar-refractivity contribution is 0.0131. The summed E-state index contributed by atoms with van der Waals surface area (Å²) in [7, 11) is 3.45. The van der Waals surface area contributed by atoms with Gasteiger partial charge in [0.1, 0.15) is 17.7 Å². The molecule has 3 aromatic rings. The Hall–Kier alpha value is -4.18. The second kappa shape index (κ2) is 16.2. The molecule has 2 atom stereocenters. The molecule has 2 aromatic carbocycles. The quantitative estimate of drug-likeness (QED) is 0.229. The van der Waals surface area contributed by atoms with Crippen LogP contribution in [0.1, 0.15) is 62.9 Å². The summed E-state index contributed by atoms with van der Waals surface area (Å²) in [6.45, 7) is 12.2. The molecule has 242 valence electrons. The molecule has 4 rings (SSSR count). The Morgan fingerprint density at radius 1 is 0.978 bits per heavy atom. The van der Waals surface area contributed by atoms with Crippen molar-refractivity contribution >= 4 is 29.5 Å². The van der Waals surface area contributed by atoms with Crippen LogP contribution >= 0.6 is 0 Å². The number of nitrogens with zero attached hydrogens (tertiary/aromatic N) is 5. The number of aromatic nitrogens is 2. The molecule has 1 aliphatic carbocycles. The fraction of sp³-hybridized carbons (Fsp3) is 0.486. The minimum absolute atomic E-state index is 0.0275. The minimum Gasteiger partial charge on any atom is -0.497 e. The van der Waals surface area contributed by atoms with Crippen LogP contribution in [0.15, 0.2) is 60.8 Å². The van der Waals surface area contributed by atoms with E-state index in [4.69, 9.17) is 14.5 Å². The van der Waals surface area contributed by atoms with Gasteiger partial charge in [0.15, 0.2) is 0 Å². The van der Waals surface area contributed by atoms with Gasteiger partial charge >= 0.3 is 6.09 Å². The number of carbonyl (C=O) groups is 2. The molecule has 0 saturated heterocycles. The first-order valence-electron chi connectivity index (χ1n) is 16.0. The number of amides is 2. The zero-order valence-corrected chi connectivity index (χ0v) is 27.5. The summed E-state index contributed by atoms with van der Waals surface area (Å²) in [5.74, 6) is 1.99. The van der Waals surface area contributed by atoms with E-state index >= 15 is 0 Å². The van der Waals surface area contributed by atoms with E-state index in [-0.39, 0.29) is 30.4 Å². The molecule has 1 saturated carbocycles. The highest BCUT2D eigenvalue weighted by Crippen LogP contribution is 2.32. The van der Waals surface area contributed by atoms with Gasteiger partial charge in [-0.05, 0) is 85.8 Å². The van der Waals surface area contributed by atoms with Crippen LogP contribution in [-0.2, 0) is 11.3 Å². The van der Waals surface area contributed by atoms with Gasteiger partial charge in [0, 0.05) is 37.6 Å². The van der Waals surface area contributed by atoms with Crippen molar-refractivity contribution < 1.29 is 19.1 Å². The number of anilines is 3. The van der Waals surface area contributed by atoms with Crippen LogP contribution in [-0.4, -0.2) is 78.2 Å².